The molecule has 12 heteroatoms. The molecule has 0 saturated heterocycles. The summed E-state index contributed by atoms with van der Waals surface area (Å²) in [7, 11) is 7.91. The Balaban J connectivity index is 0.000000132. The summed E-state index contributed by atoms with van der Waals surface area (Å²) >= 11 is 0. The molecular formula is C70H56N8O4. The summed E-state index contributed by atoms with van der Waals surface area (Å²) in [6.07, 6.45) is 0. The first-order valence-electron chi connectivity index (χ1n) is 26.2. The van der Waals surface area contributed by atoms with Crippen LogP contribution in [0, 0.1) is 38.1 Å². The van der Waals surface area contributed by atoms with E-state index in [0.29, 0.717) is 11.3 Å². The van der Waals surface area contributed by atoms with Gasteiger partial charge in [0.1, 0.15) is 0 Å². The Bertz CT molecular complexity index is 4310. The standard InChI is InChI=1S/2C18H14N2.2C17H14N2O2/c1-19-16-8-5-9-17(13-16)20(2)18-11-10-14-6-3-4-7-15(14)12-18;1-20(17-9-6-14(13-19)7-10-17)18-11-8-15-4-2-3-5-16(15)12-18;1-18(15-7-4-8-17(12-15)19(20)21)16-10-9-13-5-2-3-6-14(13)11-16;1-18(15-8-10-16(11-9-15)19(20)21)17-7-6-13-4-2-3-5-14(13)12-17/h3-13H,2H3;2-12H,1H3;2*2-12H,1H3. The first kappa shape index (κ1) is 55.4. The average molecular weight is 1070 g/mol. The highest BCUT2D eigenvalue weighted by Gasteiger charge is 2.12. The number of nitriles is 1. The summed E-state index contributed by atoms with van der Waals surface area (Å²) in [4.78, 5) is 32.4. The molecule has 400 valence electrons. The highest BCUT2D eigenvalue weighted by Crippen LogP contribution is 2.33. The molecule has 12 aromatic carbocycles. The Morgan fingerprint density at radius 1 is 0.341 bits per heavy atom. The molecule has 0 N–H and O–H groups in total. The summed E-state index contributed by atoms with van der Waals surface area (Å²) in [6, 6.07) is 88.7. The molecule has 12 rings (SSSR count). The molecule has 0 radical (unpaired) electrons. The van der Waals surface area contributed by atoms with Crippen molar-refractivity contribution in [2.45, 2.75) is 0 Å². The number of fused-ring (bicyclic) bond motifs is 4. The molecule has 0 amide bonds. The van der Waals surface area contributed by atoms with Crippen LogP contribution >= 0.6 is 0 Å². The Hall–Kier alpha value is -11.3. The van der Waals surface area contributed by atoms with E-state index in [4.69, 9.17) is 11.8 Å². The fourth-order valence-electron chi connectivity index (χ4n) is 9.28. The van der Waals surface area contributed by atoms with Crippen molar-refractivity contribution in [2.75, 3.05) is 47.8 Å². The highest BCUT2D eigenvalue weighted by molar-refractivity contribution is 5.90. The number of benzene rings is 12. The maximum atomic E-state index is 10.9. The van der Waals surface area contributed by atoms with Gasteiger partial charge >= 0.3 is 0 Å². The first-order chi connectivity index (χ1) is 39.8. The van der Waals surface area contributed by atoms with Crippen LogP contribution in [-0.4, -0.2) is 38.0 Å². The van der Waals surface area contributed by atoms with Crippen molar-refractivity contribution in [2.24, 2.45) is 0 Å². The molecule has 0 atom stereocenters. The molecule has 82 heavy (non-hydrogen) atoms. The van der Waals surface area contributed by atoms with Gasteiger partial charge in [-0.3, -0.25) is 20.2 Å². The van der Waals surface area contributed by atoms with Crippen molar-refractivity contribution in [3.8, 4) is 6.07 Å². The fourth-order valence-corrected chi connectivity index (χ4v) is 9.28. The second kappa shape index (κ2) is 25.9. The summed E-state index contributed by atoms with van der Waals surface area (Å²) in [6.45, 7) is 7.10. The number of non-ortho nitro benzene ring substituents is 2. The van der Waals surface area contributed by atoms with Crippen molar-refractivity contribution in [1.82, 2.24) is 0 Å². The van der Waals surface area contributed by atoms with Gasteiger partial charge in [-0.05, 0) is 146 Å². The molecule has 0 spiro atoms. The number of anilines is 8. The molecule has 0 aliphatic rings. The van der Waals surface area contributed by atoms with E-state index in [0.717, 1.165) is 50.9 Å². The monoisotopic (exact) mass is 1070 g/mol. The van der Waals surface area contributed by atoms with Crippen LogP contribution in [0.15, 0.2) is 267 Å². The van der Waals surface area contributed by atoms with Gasteiger partial charge in [0, 0.05) is 98.0 Å². The van der Waals surface area contributed by atoms with Crippen molar-refractivity contribution >= 4 is 106 Å². The van der Waals surface area contributed by atoms with E-state index < -0.39 is 0 Å². The van der Waals surface area contributed by atoms with Crippen LogP contribution in [0.1, 0.15) is 5.56 Å². The Morgan fingerprint density at radius 2 is 0.646 bits per heavy atom. The molecule has 0 heterocycles. The SMILES string of the molecule is CN(c1ccc(C#N)cc1)c1ccc2ccccc2c1.CN(c1ccc([N+](=O)[O-])cc1)c1ccc2ccccc2c1.CN(c1cccc([N+](=O)[O-])c1)c1ccc2ccccc2c1.[C-]#[N+]c1cccc(N(C)c2ccc3ccccc3c2)c1. The lowest BCUT2D eigenvalue weighted by Gasteiger charge is -2.20. The number of nitro groups is 2. The van der Waals surface area contributed by atoms with Crippen LogP contribution in [0.4, 0.5) is 62.6 Å². The van der Waals surface area contributed by atoms with Crippen LogP contribution in [0.5, 0.6) is 0 Å². The predicted octanol–water partition coefficient (Wildman–Crippen LogP) is 18.7. The summed E-state index contributed by atoms with van der Waals surface area (Å²) in [5.74, 6) is 0. The summed E-state index contributed by atoms with van der Waals surface area (Å²) in [5.41, 5.74) is 9.63. The molecule has 0 saturated carbocycles. The van der Waals surface area contributed by atoms with Crippen LogP contribution in [0.25, 0.3) is 47.9 Å². The lowest BCUT2D eigenvalue weighted by molar-refractivity contribution is -0.385. The van der Waals surface area contributed by atoms with Gasteiger partial charge < -0.3 is 19.6 Å². The number of rotatable bonds is 10. The molecule has 0 aliphatic heterocycles. The van der Waals surface area contributed by atoms with Gasteiger partial charge in [-0.2, -0.15) is 5.26 Å². The minimum Gasteiger partial charge on any atom is -0.346 e. The van der Waals surface area contributed by atoms with Gasteiger partial charge in [0.05, 0.1) is 28.1 Å². The lowest BCUT2D eigenvalue weighted by Crippen LogP contribution is -2.09. The van der Waals surface area contributed by atoms with E-state index in [1.165, 1.54) is 55.9 Å². The topological polar surface area (TPSA) is 127 Å². The zero-order valence-electron chi connectivity index (χ0n) is 45.6. The average Bonchev–Trinajstić information content (AvgIpc) is 3.63. The Labute approximate surface area is 476 Å². The second-order valence-corrected chi connectivity index (χ2v) is 19.2. The van der Waals surface area contributed by atoms with E-state index in [1.807, 2.05) is 153 Å². The van der Waals surface area contributed by atoms with Crippen LogP contribution in [0.2, 0.25) is 0 Å². The molecule has 0 fully saturated rings. The van der Waals surface area contributed by atoms with Crippen molar-refractivity contribution < 1.29 is 9.85 Å². The zero-order chi connectivity index (χ0) is 57.5. The van der Waals surface area contributed by atoms with Gasteiger partial charge in [0.2, 0.25) is 0 Å². The van der Waals surface area contributed by atoms with Crippen molar-refractivity contribution in [3.05, 3.63) is 304 Å². The molecular weight excluding hydrogens is 1020 g/mol. The van der Waals surface area contributed by atoms with Gasteiger partial charge in [-0.15, -0.1) is 0 Å². The third-order valence-electron chi connectivity index (χ3n) is 14.1. The quantitative estimate of drug-likeness (QED) is 0.0747. The first-order valence-corrected chi connectivity index (χ1v) is 26.2. The Morgan fingerprint density at radius 3 is 1.00 bits per heavy atom. The highest BCUT2D eigenvalue weighted by atomic mass is 16.6. The molecule has 0 bridgehead atoms. The second-order valence-electron chi connectivity index (χ2n) is 19.2. The molecule has 12 nitrogen and oxygen atoms in total. The normalized spacial score (nSPS) is 10.4. The van der Waals surface area contributed by atoms with E-state index in [9.17, 15) is 20.2 Å². The smallest absolute Gasteiger partial charge is 0.271 e. The number of nitrogens with zero attached hydrogens (tertiary/aromatic N) is 8. The van der Waals surface area contributed by atoms with Gasteiger partial charge in [-0.1, -0.05) is 140 Å². The third kappa shape index (κ3) is 13.5. The van der Waals surface area contributed by atoms with E-state index >= 15 is 0 Å². The van der Waals surface area contributed by atoms with Crippen LogP contribution in [0.3, 0.4) is 0 Å². The van der Waals surface area contributed by atoms with E-state index in [-0.39, 0.29) is 21.2 Å². The van der Waals surface area contributed by atoms with Crippen LogP contribution < -0.4 is 19.6 Å². The van der Waals surface area contributed by atoms with Crippen molar-refractivity contribution in [3.63, 3.8) is 0 Å². The van der Waals surface area contributed by atoms with E-state index in [2.05, 4.69) is 130 Å². The van der Waals surface area contributed by atoms with E-state index in [1.54, 1.807) is 24.3 Å². The maximum absolute atomic E-state index is 10.9. The fraction of sp³-hybridized carbons (Fsp3) is 0.0571. The van der Waals surface area contributed by atoms with Gasteiger partial charge in [0.15, 0.2) is 5.69 Å². The van der Waals surface area contributed by atoms with Crippen molar-refractivity contribution in [1.29, 1.82) is 5.26 Å². The summed E-state index contributed by atoms with van der Waals surface area (Å²) in [5, 5.41) is 40.0. The lowest BCUT2D eigenvalue weighted by atomic mass is 10.1. The minimum absolute atomic E-state index is 0.0974. The number of hydrogen-bond acceptors (Lipinski definition) is 9. The number of hydrogen-bond donors (Lipinski definition) is 0. The molecule has 12 aromatic rings. The Kier molecular flexibility index (Phi) is 17.5. The number of nitro benzene ring substituents is 2. The van der Waals surface area contributed by atoms with Gasteiger partial charge in [0.25, 0.3) is 11.4 Å². The maximum Gasteiger partial charge on any atom is 0.271 e. The van der Waals surface area contributed by atoms with Crippen LogP contribution in [-0.2, 0) is 0 Å². The predicted molar refractivity (Wildman–Crippen MR) is 338 cm³/mol. The summed E-state index contributed by atoms with van der Waals surface area (Å²) < 4.78 is 0. The van der Waals surface area contributed by atoms with Gasteiger partial charge in [-0.25, -0.2) is 4.85 Å². The molecule has 0 aromatic heterocycles. The zero-order valence-corrected chi connectivity index (χ0v) is 45.6. The molecule has 0 aliphatic carbocycles. The largest absolute Gasteiger partial charge is 0.346 e. The third-order valence-corrected chi connectivity index (χ3v) is 14.1. The minimum atomic E-state index is -0.389. The molecule has 0 unspecified atom stereocenters.